The predicted octanol–water partition coefficient (Wildman–Crippen LogP) is 4.72. The topological polar surface area (TPSA) is 83.4 Å². The molecule has 0 fully saturated rings. The molecule has 27 heavy (non-hydrogen) atoms. The molecule has 0 saturated heterocycles. The minimum absolute atomic E-state index is 0.336. The maximum absolute atomic E-state index is 9.43. The van der Waals surface area contributed by atoms with Crippen molar-refractivity contribution in [2.45, 2.75) is 13.5 Å². The minimum Gasteiger partial charge on any atom is -0.455 e. The van der Waals surface area contributed by atoms with Gasteiger partial charge in [-0.05, 0) is 59.8 Å². The number of ether oxygens (including phenoxy) is 1. The van der Waals surface area contributed by atoms with Crippen molar-refractivity contribution in [1.82, 2.24) is 4.98 Å². The molecule has 0 aliphatic rings. The first-order chi connectivity index (χ1) is 13.1. The van der Waals surface area contributed by atoms with E-state index < -0.39 is 0 Å². The van der Waals surface area contributed by atoms with Gasteiger partial charge in [-0.25, -0.2) is 4.98 Å². The Hall–Kier alpha value is -2.70. The monoisotopic (exact) mass is 472 g/mol. The lowest BCUT2D eigenvalue weighted by Gasteiger charge is -2.08. The van der Waals surface area contributed by atoms with E-state index in [9.17, 15) is 5.26 Å². The van der Waals surface area contributed by atoms with Crippen LogP contribution in [0.1, 0.15) is 22.6 Å². The van der Waals surface area contributed by atoms with Crippen LogP contribution < -0.4 is 5.43 Å². The summed E-state index contributed by atoms with van der Waals surface area (Å²) in [7, 11) is 1.59. The molecule has 0 amide bonds. The van der Waals surface area contributed by atoms with E-state index >= 15 is 0 Å². The summed E-state index contributed by atoms with van der Waals surface area (Å²) in [4.78, 5) is 4.34. The first-order valence-electron chi connectivity index (χ1n) is 8.15. The summed E-state index contributed by atoms with van der Waals surface area (Å²) in [6.45, 7) is 2.19. The van der Waals surface area contributed by atoms with Gasteiger partial charge >= 0.3 is 0 Å². The second kappa shape index (κ2) is 8.79. The van der Waals surface area contributed by atoms with E-state index in [2.05, 4.69) is 44.2 Å². The van der Waals surface area contributed by atoms with Crippen molar-refractivity contribution in [1.29, 1.82) is 5.26 Å². The van der Waals surface area contributed by atoms with Crippen molar-refractivity contribution in [2.75, 3.05) is 12.5 Å². The molecule has 0 atom stereocenters. The number of pyridine rings is 1. The van der Waals surface area contributed by atoms with Crippen LogP contribution >= 0.6 is 22.6 Å². The normalized spacial score (nSPS) is 10.9. The largest absolute Gasteiger partial charge is 0.455 e. The van der Waals surface area contributed by atoms with Gasteiger partial charge in [0.25, 0.3) is 0 Å². The van der Waals surface area contributed by atoms with Gasteiger partial charge in [0.05, 0.1) is 12.8 Å². The van der Waals surface area contributed by atoms with Crippen LogP contribution in [-0.2, 0) is 11.3 Å². The van der Waals surface area contributed by atoms with Gasteiger partial charge in [-0.15, -0.1) is 0 Å². The third-order valence-corrected chi connectivity index (χ3v) is 4.48. The Balaban J connectivity index is 1.77. The average molecular weight is 472 g/mol. The van der Waals surface area contributed by atoms with Crippen molar-refractivity contribution < 1.29 is 9.15 Å². The molecule has 0 saturated carbocycles. The van der Waals surface area contributed by atoms with E-state index in [4.69, 9.17) is 9.15 Å². The summed E-state index contributed by atoms with van der Waals surface area (Å²) in [5.41, 5.74) is 5.79. The number of aryl methyl sites for hydroxylation is 1. The standard InChI is InChI=1S/C20H17IN4O2/c1-13-9-15(12-26-2)18(10-22)20(24-13)25-23-11-17-7-8-19(27-17)14-3-5-16(21)6-4-14/h3-9,11H,12H2,1-2H3,(H,24,25). The minimum atomic E-state index is 0.336. The highest BCUT2D eigenvalue weighted by Gasteiger charge is 2.11. The molecule has 0 aliphatic carbocycles. The van der Waals surface area contributed by atoms with Gasteiger partial charge in [0.15, 0.2) is 5.82 Å². The van der Waals surface area contributed by atoms with Crippen LogP contribution in [0.5, 0.6) is 0 Å². The molecular weight excluding hydrogens is 455 g/mol. The van der Waals surface area contributed by atoms with Crippen molar-refractivity contribution in [3.8, 4) is 17.4 Å². The lowest BCUT2D eigenvalue weighted by molar-refractivity contribution is 0.184. The maximum Gasteiger partial charge on any atom is 0.164 e. The summed E-state index contributed by atoms with van der Waals surface area (Å²) < 4.78 is 12.1. The molecule has 0 bridgehead atoms. The third kappa shape index (κ3) is 4.72. The SMILES string of the molecule is COCc1cc(C)nc(NN=Cc2ccc(-c3ccc(I)cc3)o2)c1C#N. The zero-order chi connectivity index (χ0) is 19.2. The molecule has 0 radical (unpaired) electrons. The molecule has 3 aromatic rings. The fraction of sp³-hybridized carbons (Fsp3) is 0.150. The number of furan rings is 1. The van der Waals surface area contributed by atoms with Gasteiger partial charge in [-0.3, -0.25) is 5.43 Å². The number of nitrogens with zero attached hydrogens (tertiary/aromatic N) is 3. The van der Waals surface area contributed by atoms with Crippen molar-refractivity contribution >= 4 is 34.6 Å². The number of anilines is 1. The second-order valence-electron chi connectivity index (χ2n) is 5.77. The van der Waals surface area contributed by atoms with Gasteiger partial charge in [-0.1, -0.05) is 12.1 Å². The highest BCUT2D eigenvalue weighted by atomic mass is 127. The molecule has 2 heterocycles. The van der Waals surface area contributed by atoms with Crippen LogP contribution in [0.25, 0.3) is 11.3 Å². The Morgan fingerprint density at radius 2 is 2.07 bits per heavy atom. The van der Waals surface area contributed by atoms with Gasteiger partial charge < -0.3 is 9.15 Å². The van der Waals surface area contributed by atoms with Crippen molar-refractivity contribution in [3.63, 3.8) is 0 Å². The number of nitrogens with one attached hydrogen (secondary N) is 1. The summed E-state index contributed by atoms with van der Waals surface area (Å²) in [5, 5.41) is 13.6. The molecule has 6 nitrogen and oxygen atoms in total. The van der Waals surface area contributed by atoms with E-state index in [1.807, 2.05) is 49.4 Å². The summed E-state index contributed by atoms with van der Waals surface area (Å²) in [6.07, 6.45) is 1.55. The van der Waals surface area contributed by atoms with Crippen LogP contribution in [-0.4, -0.2) is 18.3 Å². The van der Waals surface area contributed by atoms with Crippen LogP contribution in [0, 0.1) is 21.8 Å². The van der Waals surface area contributed by atoms with Gasteiger partial charge in [0.1, 0.15) is 23.2 Å². The number of hydrogen-bond donors (Lipinski definition) is 1. The Morgan fingerprint density at radius 1 is 1.30 bits per heavy atom. The molecule has 0 aliphatic heterocycles. The maximum atomic E-state index is 9.43. The van der Waals surface area contributed by atoms with E-state index in [0.717, 1.165) is 22.6 Å². The Bertz CT molecular complexity index is 1000. The summed E-state index contributed by atoms with van der Waals surface area (Å²) in [5.74, 6) is 1.76. The number of rotatable bonds is 6. The fourth-order valence-electron chi connectivity index (χ4n) is 2.56. The van der Waals surface area contributed by atoms with Crippen molar-refractivity contribution in [2.24, 2.45) is 5.10 Å². The van der Waals surface area contributed by atoms with Crippen LogP contribution in [0.15, 0.2) is 52.0 Å². The lowest BCUT2D eigenvalue weighted by Crippen LogP contribution is -2.03. The number of halogens is 1. The predicted molar refractivity (Wildman–Crippen MR) is 112 cm³/mol. The third-order valence-electron chi connectivity index (χ3n) is 3.76. The summed E-state index contributed by atoms with van der Waals surface area (Å²) in [6, 6.07) is 15.8. The number of benzene rings is 1. The summed E-state index contributed by atoms with van der Waals surface area (Å²) >= 11 is 2.26. The lowest BCUT2D eigenvalue weighted by atomic mass is 10.1. The van der Waals surface area contributed by atoms with Gasteiger partial charge in [0.2, 0.25) is 0 Å². The highest BCUT2D eigenvalue weighted by Crippen LogP contribution is 2.23. The fourth-order valence-corrected chi connectivity index (χ4v) is 2.92. The van der Waals surface area contributed by atoms with Crippen LogP contribution in [0.3, 0.4) is 0 Å². The zero-order valence-corrected chi connectivity index (χ0v) is 17.0. The van der Waals surface area contributed by atoms with Crippen molar-refractivity contribution in [3.05, 3.63) is 68.6 Å². The second-order valence-corrected chi connectivity index (χ2v) is 7.02. The highest BCUT2D eigenvalue weighted by molar-refractivity contribution is 14.1. The molecule has 0 spiro atoms. The molecule has 0 unspecified atom stereocenters. The number of nitriles is 1. The first kappa shape index (κ1) is 19.1. The van der Waals surface area contributed by atoms with E-state index in [-0.39, 0.29) is 0 Å². The molecule has 3 rings (SSSR count). The molecule has 1 N–H and O–H groups in total. The van der Waals surface area contributed by atoms with Crippen LogP contribution in [0.4, 0.5) is 5.82 Å². The van der Waals surface area contributed by atoms with Gasteiger partial charge in [0, 0.05) is 27.5 Å². The smallest absolute Gasteiger partial charge is 0.164 e. The Kier molecular flexibility index (Phi) is 6.21. The molecule has 7 heteroatoms. The molecule has 1 aromatic carbocycles. The van der Waals surface area contributed by atoms with E-state index in [1.54, 1.807) is 13.3 Å². The average Bonchev–Trinajstić information content (AvgIpc) is 3.11. The number of methoxy groups -OCH3 is 1. The Labute approximate surface area is 171 Å². The van der Waals surface area contributed by atoms with E-state index in [0.29, 0.717) is 23.7 Å². The molecule has 2 aromatic heterocycles. The first-order valence-corrected chi connectivity index (χ1v) is 9.23. The van der Waals surface area contributed by atoms with Crippen LogP contribution in [0.2, 0.25) is 0 Å². The molecular formula is C20H17IN4O2. The zero-order valence-electron chi connectivity index (χ0n) is 14.9. The van der Waals surface area contributed by atoms with E-state index in [1.165, 1.54) is 3.57 Å². The Morgan fingerprint density at radius 3 is 2.78 bits per heavy atom. The number of hydrogen-bond acceptors (Lipinski definition) is 6. The number of aromatic nitrogens is 1. The number of hydrazone groups is 1. The molecule has 136 valence electrons. The van der Waals surface area contributed by atoms with Gasteiger partial charge in [-0.2, -0.15) is 10.4 Å². The quantitative estimate of drug-likeness (QED) is 0.319.